The molecule has 166 valence electrons. The van der Waals surface area contributed by atoms with Gasteiger partial charge in [0, 0.05) is 44.8 Å². The lowest BCUT2D eigenvalue weighted by atomic mass is 10.1. The highest BCUT2D eigenvalue weighted by molar-refractivity contribution is 7.88. The molecule has 0 unspecified atom stereocenters. The van der Waals surface area contributed by atoms with Crippen LogP contribution in [0.25, 0.3) is 0 Å². The van der Waals surface area contributed by atoms with Crippen LogP contribution in [0.5, 0.6) is 0 Å². The number of sulfonamides is 1. The smallest absolute Gasteiger partial charge is 0.216 e. The number of hydrogen-bond acceptors (Lipinski definition) is 4. The molecule has 3 N–H and O–H groups in total. The zero-order valence-corrected chi connectivity index (χ0v) is 19.8. The fourth-order valence-corrected chi connectivity index (χ4v) is 4.63. The number of rotatable bonds is 11. The van der Waals surface area contributed by atoms with E-state index in [0.717, 1.165) is 30.2 Å². The Bertz CT molecular complexity index is 720. The van der Waals surface area contributed by atoms with Gasteiger partial charge >= 0.3 is 0 Å². The molecule has 1 aromatic carbocycles. The van der Waals surface area contributed by atoms with Crippen molar-refractivity contribution in [3.05, 3.63) is 35.4 Å². The highest BCUT2D eigenvalue weighted by Gasteiger charge is 2.14. The molecule has 1 aromatic rings. The number of hydrogen-bond donors (Lipinski definition) is 3. The summed E-state index contributed by atoms with van der Waals surface area (Å²) < 4.78 is 26.7. The lowest BCUT2D eigenvalue weighted by molar-refractivity contribution is 0.178. The van der Waals surface area contributed by atoms with Crippen molar-refractivity contribution in [3.63, 3.8) is 0 Å². The van der Waals surface area contributed by atoms with E-state index in [9.17, 15) is 8.42 Å². The second-order valence-electron chi connectivity index (χ2n) is 8.13. The minimum absolute atomic E-state index is 0.00961. The van der Waals surface area contributed by atoms with Crippen LogP contribution in [0.15, 0.2) is 29.3 Å². The Hall–Kier alpha value is -1.64. The molecule has 7 nitrogen and oxygen atoms in total. The average molecular weight is 426 g/mol. The first kappa shape index (κ1) is 25.4. The van der Waals surface area contributed by atoms with Gasteiger partial charge in [-0.25, -0.2) is 13.1 Å². The number of nitrogens with zero attached hydrogens (tertiary/aromatic N) is 2. The summed E-state index contributed by atoms with van der Waals surface area (Å²) in [7, 11) is -1.55. The molecular formula is C21H39N5O2S. The third kappa shape index (κ3) is 10.1. The van der Waals surface area contributed by atoms with Crippen LogP contribution in [-0.2, 0) is 22.3 Å². The van der Waals surface area contributed by atoms with Crippen molar-refractivity contribution in [1.29, 1.82) is 0 Å². The minimum atomic E-state index is -3.30. The van der Waals surface area contributed by atoms with Gasteiger partial charge in [-0.3, -0.25) is 9.89 Å². The summed E-state index contributed by atoms with van der Waals surface area (Å²) in [6.45, 7) is 14.9. The highest BCUT2D eigenvalue weighted by atomic mass is 32.2. The number of benzene rings is 1. The van der Waals surface area contributed by atoms with Crippen molar-refractivity contribution in [2.24, 2.45) is 4.99 Å². The van der Waals surface area contributed by atoms with Crippen LogP contribution in [0, 0.1) is 0 Å². The molecule has 0 amide bonds. The molecule has 0 atom stereocenters. The second-order valence-corrected chi connectivity index (χ2v) is 9.88. The van der Waals surface area contributed by atoms with Gasteiger partial charge in [0.1, 0.15) is 0 Å². The predicted octanol–water partition coefficient (Wildman–Crippen LogP) is 2.30. The molecule has 29 heavy (non-hydrogen) atoms. The third-order valence-corrected chi connectivity index (χ3v) is 6.01. The van der Waals surface area contributed by atoms with Gasteiger partial charge < -0.3 is 10.6 Å². The maximum absolute atomic E-state index is 12.0. The van der Waals surface area contributed by atoms with Crippen LogP contribution in [0.4, 0.5) is 0 Å². The highest BCUT2D eigenvalue weighted by Crippen LogP contribution is 2.08. The van der Waals surface area contributed by atoms with Crippen LogP contribution >= 0.6 is 0 Å². The summed E-state index contributed by atoms with van der Waals surface area (Å²) >= 11 is 0. The van der Waals surface area contributed by atoms with E-state index in [2.05, 4.69) is 52.9 Å². The third-order valence-electron chi connectivity index (χ3n) is 4.47. The number of guanidine groups is 1. The monoisotopic (exact) mass is 425 g/mol. The predicted molar refractivity (Wildman–Crippen MR) is 123 cm³/mol. The largest absolute Gasteiger partial charge is 0.355 e. The van der Waals surface area contributed by atoms with Crippen LogP contribution < -0.4 is 15.4 Å². The maximum atomic E-state index is 12.0. The summed E-state index contributed by atoms with van der Waals surface area (Å²) in [5.41, 5.74) is 1.84. The van der Waals surface area contributed by atoms with Crippen LogP contribution in [0.3, 0.4) is 0 Å². The molecule has 0 radical (unpaired) electrons. The Morgan fingerprint density at radius 2 is 1.52 bits per heavy atom. The molecule has 0 aliphatic rings. The van der Waals surface area contributed by atoms with E-state index in [1.165, 1.54) is 0 Å². The molecule has 0 heterocycles. The Kier molecular flexibility index (Phi) is 10.6. The van der Waals surface area contributed by atoms with Crippen molar-refractivity contribution < 1.29 is 8.42 Å². The molecule has 0 aliphatic heterocycles. The number of nitrogens with one attached hydrogen (secondary N) is 3. The first-order valence-corrected chi connectivity index (χ1v) is 12.0. The number of aliphatic imine (C=N–C) groups is 1. The lowest BCUT2D eigenvalue weighted by Crippen LogP contribution is -2.45. The SMILES string of the molecule is CN=C(NCCN(C(C)C)C(C)C)NCc1ccc(CS(=O)(=O)NC(C)C)cc1. The summed E-state index contributed by atoms with van der Waals surface area (Å²) in [5.74, 6) is 0.745. The molecule has 0 bridgehead atoms. The first-order valence-electron chi connectivity index (χ1n) is 10.3. The maximum Gasteiger partial charge on any atom is 0.216 e. The van der Waals surface area contributed by atoms with Crippen LogP contribution in [-0.4, -0.2) is 57.5 Å². The summed E-state index contributed by atoms with van der Waals surface area (Å²) in [4.78, 5) is 6.70. The Morgan fingerprint density at radius 3 is 2.00 bits per heavy atom. The van der Waals surface area contributed by atoms with E-state index in [1.807, 2.05) is 38.1 Å². The topological polar surface area (TPSA) is 85.8 Å². The van der Waals surface area contributed by atoms with Crippen LogP contribution in [0.2, 0.25) is 0 Å². The lowest BCUT2D eigenvalue weighted by Gasteiger charge is -2.30. The van der Waals surface area contributed by atoms with E-state index in [4.69, 9.17) is 0 Å². The van der Waals surface area contributed by atoms with Gasteiger partial charge in [0.05, 0.1) is 5.75 Å². The summed E-state index contributed by atoms with van der Waals surface area (Å²) in [6.07, 6.45) is 0. The van der Waals surface area contributed by atoms with Gasteiger partial charge in [-0.2, -0.15) is 0 Å². The van der Waals surface area contributed by atoms with Crippen LogP contribution in [0.1, 0.15) is 52.7 Å². The van der Waals surface area contributed by atoms with Gasteiger partial charge in [0.15, 0.2) is 5.96 Å². The fraction of sp³-hybridized carbons (Fsp3) is 0.667. The van der Waals surface area contributed by atoms with Gasteiger partial charge in [0.25, 0.3) is 0 Å². The van der Waals surface area contributed by atoms with Gasteiger partial charge in [0.2, 0.25) is 10.0 Å². The first-order chi connectivity index (χ1) is 13.5. The Labute approximate surface area is 177 Å². The quantitative estimate of drug-likeness (QED) is 0.374. The standard InChI is InChI=1S/C21H39N5O2S/c1-16(2)25-29(27,28)15-20-10-8-19(9-11-20)14-24-21(22-7)23-12-13-26(17(3)4)18(5)6/h8-11,16-18,25H,12-15H2,1-7H3,(H2,22,23,24). The Balaban J connectivity index is 2.51. The molecule has 0 saturated heterocycles. The minimum Gasteiger partial charge on any atom is -0.355 e. The summed E-state index contributed by atoms with van der Waals surface area (Å²) in [6, 6.07) is 8.51. The van der Waals surface area contributed by atoms with E-state index < -0.39 is 10.0 Å². The molecule has 0 spiro atoms. The Morgan fingerprint density at radius 1 is 0.966 bits per heavy atom. The molecule has 0 aromatic heterocycles. The molecule has 0 saturated carbocycles. The molecule has 0 fully saturated rings. The second kappa shape index (κ2) is 12.1. The summed E-state index contributed by atoms with van der Waals surface area (Å²) in [5, 5.41) is 6.65. The van der Waals surface area contributed by atoms with Crippen molar-refractivity contribution in [3.8, 4) is 0 Å². The van der Waals surface area contributed by atoms with Gasteiger partial charge in [-0.05, 0) is 52.7 Å². The van der Waals surface area contributed by atoms with E-state index in [-0.39, 0.29) is 11.8 Å². The van der Waals surface area contributed by atoms with Gasteiger partial charge in [-0.1, -0.05) is 24.3 Å². The zero-order chi connectivity index (χ0) is 22.0. The van der Waals surface area contributed by atoms with Crippen molar-refractivity contribution in [2.45, 2.75) is 72.0 Å². The average Bonchev–Trinajstić information content (AvgIpc) is 2.60. The zero-order valence-electron chi connectivity index (χ0n) is 19.0. The van der Waals surface area contributed by atoms with E-state index in [0.29, 0.717) is 18.6 Å². The van der Waals surface area contributed by atoms with E-state index in [1.54, 1.807) is 7.05 Å². The van der Waals surface area contributed by atoms with Crippen molar-refractivity contribution >= 4 is 16.0 Å². The molecule has 8 heteroatoms. The van der Waals surface area contributed by atoms with Gasteiger partial charge in [-0.15, -0.1) is 0 Å². The molecule has 1 rings (SSSR count). The van der Waals surface area contributed by atoms with Crippen molar-refractivity contribution in [1.82, 2.24) is 20.3 Å². The fourth-order valence-electron chi connectivity index (χ4n) is 3.20. The molecule has 0 aliphatic carbocycles. The normalized spacial score (nSPS) is 13.0. The van der Waals surface area contributed by atoms with E-state index >= 15 is 0 Å². The van der Waals surface area contributed by atoms with Crippen molar-refractivity contribution in [2.75, 3.05) is 20.1 Å². The molecular weight excluding hydrogens is 386 g/mol.